The van der Waals surface area contributed by atoms with Crippen LogP contribution in [0.25, 0.3) is 22.8 Å². The van der Waals surface area contributed by atoms with Gasteiger partial charge in [-0.05, 0) is 78.3 Å². The minimum Gasteiger partial charge on any atom is -0.322 e. The number of anilines is 1. The van der Waals surface area contributed by atoms with Crippen LogP contribution in [-0.2, 0) is 11.2 Å². The van der Waals surface area contributed by atoms with Crippen LogP contribution in [0.4, 0.5) is 5.69 Å². The van der Waals surface area contributed by atoms with Crippen molar-refractivity contribution in [2.45, 2.75) is 52.9 Å². The molecule has 34 heavy (non-hydrogen) atoms. The summed E-state index contributed by atoms with van der Waals surface area (Å²) in [5, 5.41) is 12.2. The van der Waals surface area contributed by atoms with Gasteiger partial charge < -0.3 is 5.32 Å². The summed E-state index contributed by atoms with van der Waals surface area (Å²) in [5.74, 6) is 0.313. The highest BCUT2D eigenvalue weighted by Gasteiger charge is 2.10. The number of carbonyl (C=O) groups excluding carboxylic acids is 1. The molecule has 0 aliphatic rings. The van der Waals surface area contributed by atoms with Crippen molar-refractivity contribution >= 4 is 28.7 Å². The van der Waals surface area contributed by atoms with Gasteiger partial charge in [0.05, 0.1) is 5.69 Å². The molecule has 5 heteroatoms. The third-order valence-electron chi connectivity index (χ3n) is 6.00. The molecule has 0 saturated carbocycles. The van der Waals surface area contributed by atoms with Gasteiger partial charge in [-0.25, -0.2) is 0 Å². The van der Waals surface area contributed by atoms with Crippen LogP contribution in [0.1, 0.15) is 61.8 Å². The first kappa shape index (κ1) is 23.4. The Hall–Kier alpha value is -3.73. The van der Waals surface area contributed by atoms with Crippen molar-refractivity contribution in [3.05, 3.63) is 89.0 Å². The number of rotatable bonds is 8. The molecule has 4 rings (SSSR count). The number of benzene rings is 3. The number of aromatic nitrogens is 3. The quantitative estimate of drug-likeness (QED) is 0.298. The Morgan fingerprint density at radius 2 is 1.68 bits per heavy atom. The number of fused-ring (bicyclic) bond motifs is 1. The standard InChI is InChI=1S/C29H32N4O/c1-5-6-7-22-10-15-25(16-11-22)33-31-27-18-21(4)26(19-28(27)32-33)30-29(34)17-12-23-8-13-24(14-9-23)20(2)3/h8-20H,5-7H2,1-4H3,(H,30,34). The molecule has 0 aliphatic carbocycles. The van der Waals surface area contributed by atoms with Gasteiger partial charge in [0, 0.05) is 11.8 Å². The zero-order chi connectivity index (χ0) is 24.1. The molecular weight excluding hydrogens is 420 g/mol. The molecule has 0 fully saturated rings. The molecule has 0 bridgehead atoms. The van der Waals surface area contributed by atoms with Crippen molar-refractivity contribution in [1.29, 1.82) is 0 Å². The van der Waals surface area contributed by atoms with Crippen molar-refractivity contribution in [1.82, 2.24) is 15.0 Å². The van der Waals surface area contributed by atoms with E-state index in [-0.39, 0.29) is 5.91 Å². The maximum atomic E-state index is 12.5. The van der Waals surface area contributed by atoms with Gasteiger partial charge in [-0.1, -0.05) is 63.6 Å². The number of nitrogens with zero attached hydrogens (tertiary/aromatic N) is 3. The zero-order valence-corrected chi connectivity index (χ0v) is 20.4. The van der Waals surface area contributed by atoms with Crippen molar-refractivity contribution in [2.24, 2.45) is 0 Å². The van der Waals surface area contributed by atoms with Gasteiger partial charge in [0.1, 0.15) is 11.0 Å². The lowest BCUT2D eigenvalue weighted by Crippen LogP contribution is -2.08. The summed E-state index contributed by atoms with van der Waals surface area (Å²) < 4.78 is 0. The third-order valence-corrected chi connectivity index (χ3v) is 6.00. The number of aryl methyl sites for hydroxylation is 2. The lowest BCUT2D eigenvalue weighted by Gasteiger charge is -2.06. The van der Waals surface area contributed by atoms with E-state index in [2.05, 4.69) is 72.7 Å². The van der Waals surface area contributed by atoms with Crippen LogP contribution in [0.2, 0.25) is 0 Å². The highest BCUT2D eigenvalue weighted by Crippen LogP contribution is 2.23. The molecule has 1 heterocycles. The number of unbranched alkanes of at least 4 members (excludes halogenated alkanes) is 1. The first-order valence-corrected chi connectivity index (χ1v) is 12.0. The lowest BCUT2D eigenvalue weighted by atomic mass is 10.0. The second-order valence-electron chi connectivity index (χ2n) is 9.06. The Kier molecular flexibility index (Phi) is 7.21. The predicted molar refractivity (Wildman–Crippen MR) is 140 cm³/mol. The summed E-state index contributed by atoms with van der Waals surface area (Å²) >= 11 is 0. The Morgan fingerprint density at radius 3 is 2.32 bits per heavy atom. The van der Waals surface area contributed by atoms with Crippen molar-refractivity contribution in [3.8, 4) is 5.69 Å². The smallest absolute Gasteiger partial charge is 0.248 e. The molecule has 0 saturated heterocycles. The Bertz CT molecular complexity index is 1300. The fourth-order valence-corrected chi connectivity index (χ4v) is 3.83. The average Bonchev–Trinajstić information content (AvgIpc) is 3.25. The van der Waals surface area contributed by atoms with Gasteiger partial charge in [0.2, 0.25) is 5.91 Å². The van der Waals surface area contributed by atoms with Crippen LogP contribution < -0.4 is 5.32 Å². The van der Waals surface area contributed by atoms with Crippen molar-refractivity contribution in [3.63, 3.8) is 0 Å². The normalized spacial score (nSPS) is 11.6. The highest BCUT2D eigenvalue weighted by molar-refractivity contribution is 6.03. The van der Waals surface area contributed by atoms with Crippen LogP contribution in [-0.4, -0.2) is 20.9 Å². The molecule has 1 N–H and O–H groups in total. The molecule has 174 valence electrons. The average molecular weight is 453 g/mol. The Labute approximate surface area is 201 Å². The second-order valence-corrected chi connectivity index (χ2v) is 9.06. The monoisotopic (exact) mass is 452 g/mol. The topological polar surface area (TPSA) is 59.8 Å². The van der Waals surface area contributed by atoms with Gasteiger partial charge in [-0.3, -0.25) is 4.79 Å². The Balaban J connectivity index is 1.47. The van der Waals surface area contributed by atoms with Gasteiger partial charge in [0.15, 0.2) is 0 Å². The molecule has 1 amide bonds. The molecule has 0 spiro atoms. The SMILES string of the molecule is CCCCc1ccc(-n2nc3cc(C)c(NC(=O)C=Cc4ccc(C(C)C)cc4)cc3n2)cc1. The summed E-state index contributed by atoms with van der Waals surface area (Å²) in [5.41, 5.74) is 7.74. The highest BCUT2D eigenvalue weighted by atomic mass is 16.1. The summed E-state index contributed by atoms with van der Waals surface area (Å²) in [6.45, 7) is 8.50. The largest absolute Gasteiger partial charge is 0.322 e. The maximum absolute atomic E-state index is 12.5. The van der Waals surface area contributed by atoms with E-state index in [0.717, 1.165) is 40.0 Å². The number of hydrogen-bond donors (Lipinski definition) is 1. The molecular formula is C29H32N4O. The third kappa shape index (κ3) is 5.60. The first-order chi connectivity index (χ1) is 16.4. The van der Waals surface area contributed by atoms with Gasteiger partial charge >= 0.3 is 0 Å². The molecule has 0 atom stereocenters. The van der Waals surface area contributed by atoms with Crippen LogP contribution in [0, 0.1) is 6.92 Å². The van der Waals surface area contributed by atoms with E-state index in [1.54, 1.807) is 10.9 Å². The summed E-state index contributed by atoms with van der Waals surface area (Å²) in [6, 6.07) is 20.5. The van der Waals surface area contributed by atoms with E-state index in [1.165, 1.54) is 24.0 Å². The maximum Gasteiger partial charge on any atom is 0.248 e. The number of amides is 1. The minimum atomic E-state index is -0.176. The molecule has 0 aliphatic heterocycles. The number of carbonyl (C=O) groups is 1. The minimum absolute atomic E-state index is 0.176. The number of nitrogens with one attached hydrogen (secondary N) is 1. The van der Waals surface area contributed by atoms with Crippen LogP contribution in [0.5, 0.6) is 0 Å². The van der Waals surface area contributed by atoms with Crippen LogP contribution >= 0.6 is 0 Å². The predicted octanol–water partition coefficient (Wildman–Crippen LogP) is 6.85. The fraction of sp³-hybridized carbons (Fsp3) is 0.276. The van der Waals surface area contributed by atoms with E-state index in [0.29, 0.717) is 5.92 Å². The lowest BCUT2D eigenvalue weighted by molar-refractivity contribution is -0.111. The van der Waals surface area contributed by atoms with Crippen molar-refractivity contribution in [2.75, 3.05) is 5.32 Å². The molecule has 4 aromatic rings. The zero-order valence-electron chi connectivity index (χ0n) is 20.4. The first-order valence-electron chi connectivity index (χ1n) is 12.0. The van der Waals surface area contributed by atoms with Gasteiger partial charge in [-0.2, -0.15) is 4.80 Å². The summed E-state index contributed by atoms with van der Waals surface area (Å²) in [4.78, 5) is 14.2. The summed E-state index contributed by atoms with van der Waals surface area (Å²) in [7, 11) is 0. The molecule has 1 aromatic heterocycles. The van der Waals surface area contributed by atoms with Crippen LogP contribution in [0.3, 0.4) is 0 Å². The molecule has 0 radical (unpaired) electrons. The molecule has 5 nitrogen and oxygen atoms in total. The van der Waals surface area contributed by atoms with E-state index in [9.17, 15) is 4.79 Å². The van der Waals surface area contributed by atoms with Crippen LogP contribution in [0.15, 0.2) is 66.7 Å². The van der Waals surface area contributed by atoms with E-state index >= 15 is 0 Å². The van der Waals surface area contributed by atoms with Gasteiger partial charge in [0.25, 0.3) is 0 Å². The van der Waals surface area contributed by atoms with Gasteiger partial charge in [-0.15, -0.1) is 10.2 Å². The van der Waals surface area contributed by atoms with E-state index < -0.39 is 0 Å². The fourth-order valence-electron chi connectivity index (χ4n) is 3.83. The van der Waals surface area contributed by atoms with E-state index in [1.807, 2.05) is 37.3 Å². The van der Waals surface area contributed by atoms with E-state index in [4.69, 9.17) is 0 Å². The summed E-state index contributed by atoms with van der Waals surface area (Å²) in [6.07, 6.45) is 6.86. The second kappa shape index (κ2) is 10.5. The van der Waals surface area contributed by atoms with Crippen molar-refractivity contribution < 1.29 is 4.79 Å². The Morgan fingerprint density at radius 1 is 1.00 bits per heavy atom. The number of hydrogen-bond acceptors (Lipinski definition) is 3. The molecule has 0 unspecified atom stereocenters. The molecule has 3 aromatic carbocycles.